The van der Waals surface area contributed by atoms with E-state index in [0.717, 1.165) is 11.8 Å². The molecule has 1 heterocycles. The zero-order valence-electron chi connectivity index (χ0n) is 8.00. The van der Waals surface area contributed by atoms with Gasteiger partial charge in [0, 0.05) is 21.2 Å². The van der Waals surface area contributed by atoms with Crippen molar-refractivity contribution in [3.05, 3.63) is 28.7 Å². The highest BCUT2D eigenvalue weighted by atomic mass is 79.9. The molecule has 0 amide bonds. The molecule has 1 saturated heterocycles. The second-order valence-corrected chi connectivity index (χ2v) is 5.83. The Labute approximate surface area is 97.8 Å². The Morgan fingerprint density at radius 3 is 3.07 bits per heavy atom. The molecule has 1 fully saturated rings. The van der Waals surface area contributed by atoms with Crippen molar-refractivity contribution < 1.29 is 0 Å². The largest absolute Gasteiger partial charge is 0.316 e. The van der Waals surface area contributed by atoms with Crippen LogP contribution in [0.1, 0.15) is 12.8 Å². The molecule has 3 heteroatoms. The van der Waals surface area contributed by atoms with Gasteiger partial charge < -0.3 is 5.32 Å². The summed E-state index contributed by atoms with van der Waals surface area (Å²) in [5.41, 5.74) is 0. The molecule has 1 N–H and O–H groups in total. The molecular formula is C11H14BrNS. The molecule has 0 aliphatic carbocycles. The van der Waals surface area contributed by atoms with Gasteiger partial charge in [0.15, 0.2) is 0 Å². The number of hydrogen-bond acceptors (Lipinski definition) is 2. The minimum absolute atomic E-state index is 0.748. The first-order chi connectivity index (χ1) is 6.84. The minimum atomic E-state index is 0.748. The van der Waals surface area contributed by atoms with Crippen LogP contribution in [0.2, 0.25) is 0 Å². The van der Waals surface area contributed by atoms with Crippen LogP contribution >= 0.6 is 27.7 Å². The molecule has 0 bridgehead atoms. The van der Waals surface area contributed by atoms with Crippen molar-refractivity contribution in [2.24, 2.45) is 0 Å². The summed E-state index contributed by atoms with van der Waals surface area (Å²) in [5, 5.41) is 4.19. The van der Waals surface area contributed by atoms with Crippen molar-refractivity contribution in [1.82, 2.24) is 5.32 Å². The lowest BCUT2D eigenvalue weighted by Crippen LogP contribution is -2.31. The van der Waals surface area contributed by atoms with Crippen LogP contribution in [0.4, 0.5) is 0 Å². The summed E-state index contributed by atoms with van der Waals surface area (Å²) in [5.74, 6) is 0. The predicted octanol–water partition coefficient (Wildman–Crippen LogP) is 3.29. The van der Waals surface area contributed by atoms with Crippen LogP contribution in [-0.4, -0.2) is 18.3 Å². The second kappa shape index (κ2) is 5.19. The van der Waals surface area contributed by atoms with Crippen molar-refractivity contribution in [2.75, 3.05) is 13.1 Å². The van der Waals surface area contributed by atoms with E-state index in [-0.39, 0.29) is 0 Å². The molecule has 1 unspecified atom stereocenters. The lowest BCUT2D eigenvalue weighted by Gasteiger charge is -2.22. The number of rotatable bonds is 2. The van der Waals surface area contributed by atoms with Crippen molar-refractivity contribution >= 4 is 27.7 Å². The van der Waals surface area contributed by atoms with Crippen molar-refractivity contribution in [2.45, 2.75) is 23.0 Å². The Morgan fingerprint density at radius 1 is 1.43 bits per heavy atom. The fraction of sp³-hybridized carbons (Fsp3) is 0.455. The normalized spacial score (nSPS) is 22.2. The monoisotopic (exact) mass is 271 g/mol. The SMILES string of the molecule is Brc1cccc(SC2CCCNC2)c1. The van der Waals surface area contributed by atoms with E-state index in [1.807, 2.05) is 11.8 Å². The van der Waals surface area contributed by atoms with Crippen molar-refractivity contribution in [3.8, 4) is 0 Å². The fourth-order valence-electron chi connectivity index (χ4n) is 1.65. The number of nitrogens with one attached hydrogen (secondary N) is 1. The second-order valence-electron chi connectivity index (χ2n) is 3.54. The molecule has 2 rings (SSSR count). The average molecular weight is 272 g/mol. The number of hydrogen-bond donors (Lipinski definition) is 1. The van der Waals surface area contributed by atoms with Gasteiger partial charge in [-0.3, -0.25) is 0 Å². The standard InChI is InChI=1S/C11H14BrNS/c12-9-3-1-4-10(7-9)14-11-5-2-6-13-8-11/h1,3-4,7,11,13H,2,5-6,8H2. The van der Waals surface area contributed by atoms with E-state index in [9.17, 15) is 0 Å². The first kappa shape index (κ1) is 10.5. The summed E-state index contributed by atoms with van der Waals surface area (Å²) in [6.07, 6.45) is 2.65. The maximum Gasteiger partial charge on any atom is 0.0220 e. The molecule has 1 nitrogen and oxygen atoms in total. The Hall–Kier alpha value is 0.01000. The Morgan fingerprint density at radius 2 is 2.36 bits per heavy atom. The maximum absolute atomic E-state index is 3.50. The molecule has 1 aliphatic heterocycles. The smallest absolute Gasteiger partial charge is 0.0220 e. The third-order valence-corrected chi connectivity index (χ3v) is 4.11. The van der Waals surface area contributed by atoms with Gasteiger partial charge in [0.1, 0.15) is 0 Å². The van der Waals surface area contributed by atoms with Gasteiger partial charge >= 0.3 is 0 Å². The lowest BCUT2D eigenvalue weighted by atomic mass is 10.2. The number of piperidine rings is 1. The molecule has 0 saturated carbocycles. The highest BCUT2D eigenvalue weighted by Gasteiger charge is 2.13. The number of thioether (sulfide) groups is 1. The minimum Gasteiger partial charge on any atom is -0.316 e. The van der Waals surface area contributed by atoms with Crippen LogP contribution in [0.3, 0.4) is 0 Å². The summed E-state index contributed by atoms with van der Waals surface area (Å²) >= 11 is 5.48. The quantitative estimate of drug-likeness (QED) is 0.886. The molecule has 1 atom stereocenters. The molecule has 0 spiro atoms. The van der Waals surface area contributed by atoms with Gasteiger partial charge in [-0.05, 0) is 37.6 Å². The van der Waals surface area contributed by atoms with E-state index in [1.165, 1.54) is 28.8 Å². The first-order valence-electron chi connectivity index (χ1n) is 4.97. The third-order valence-electron chi connectivity index (χ3n) is 2.35. The van der Waals surface area contributed by atoms with Gasteiger partial charge in [-0.15, -0.1) is 11.8 Å². The van der Waals surface area contributed by atoms with E-state index < -0.39 is 0 Å². The zero-order chi connectivity index (χ0) is 9.80. The van der Waals surface area contributed by atoms with Gasteiger partial charge in [-0.1, -0.05) is 22.0 Å². The zero-order valence-corrected chi connectivity index (χ0v) is 10.4. The van der Waals surface area contributed by atoms with E-state index in [1.54, 1.807) is 0 Å². The van der Waals surface area contributed by atoms with E-state index in [4.69, 9.17) is 0 Å². The molecule has 76 valence electrons. The third kappa shape index (κ3) is 3.01. The molecule has 0 aromatic heterocycles. The molecule has 0 radical (unpaired) electrons. The van der Waals surface area contributed by atoms with E-state index in [2.05, 4.69) is 45.5 Å². The van der Waals surface area contributed by atoms with Crippen LogP contribution in [0.15, 0.2) is 33.6 Å². The predicted molar refractivity (Wildman–Crippen MR) is 65.9 cm³/mol. The van der Waals surface area contributed by atoms with Crippen LogP contribution < -0.4 is 5.32 Å². The van der Waals surface area contributed by atoms with Crippen LogP contribution in [0, 0.1) is 0 Å². The topological polar surface area (TPSA) is 12.0 Å². The summed E-state index contributed by atoms with van der Waals surface area (Å²) in [7, 11) is 0. The Balaban J connectivity index is 1.95. The summed E-state index contributed by atoms with van der Waals surface area (Å²) in [6, 6.07) is 8.55. The lowest BCUT2D eigenvalue weighted by molar-refractivity contribution is 0.531. The number of benzene rings is 1. The summed E-state index contributed by atoms with van der Waals surface area (Å²) < 4.78 is 1.17. The van der Waals surface area contributed by atoms with E-state index in [0.29, 0.717) is 0 Å². The Bertz CT molecular complexity index is 297. The average Bonchev–Trinajstić information content (AvgIpc) is 2.19. The van der Waals surface area contributed by atoms with E-state index >= 15 is 0 Å². The molecular weight excluding hydrogens is 258 g/mol. The van der Waals surface area contributed by atoms with Gasteiger partial charge in [0.25, 0.3) is 0 Å². The molecule has 1 aromatic carbocycles. The van der Waals surface area contributed by atoms with Gasteiger partial charge in [0.05, 0.1) is 0 Å². The van der Waals surface area contributed by atoms with Gasteiger partial charge in [-0.2, -0.15) is 0 Å². The van der Waals surface area contributed by atoms with Gasteiger partial charge in [0.2, 0.25) is 0 Å². The van der Waals surface area contributed by atoms with Crippen LogP contribution in [-0.2, 0) is 0 Å². The fourth-order valence-corrected chi connectivity index (χ4v) is 3.43. The maximum atomic E-state index is 3.50. The molecule has 14 heavy (non-hydrogen) atoms. The van der Waals surface area contributed by atoms with Crippen molar-refractivity contribution in [3.63, 3.8) is 0 Å². The van der Waals surface area contributed by atoms with Crippen LogP contribution in [0.25, 0.3) is 0 Å². The highest BCUT2D eigenvalue weighted by molar-refractivity contribution is 9.10. The molecule has 1 aromatic rings. The Kier molecular flexibility index (Phi) is 3.90. The first-order valence-corrected chi connectivity index (χ1v) is 6.65. The summed E-state index contributed by atoms with van der Waals surface area (Å²) in [6.45, 7) is 2.34. The van der Waals surface area contributed by atoms with Gasteiger partial charge in [-0.25, -0.2) is 0 Å². The van der Waals surface area contributed by atoms with Crippen LogP contribution in [0.5, 0.6) is 0 Å². The molecule has 1 aliphatic rings. The number of halogens is 1. The highest BCUT2D eigenvalue weighted by Crippen LogP contribution is 2.28. The van der Waals surface area contributed by atoms with Crippen molar-refractivity contribution in [1.29, 1.82) is 0 Å². The summed E-state index contributed by atoms with van der Waals surface area (Å²) in [4.78, 5) is 1.37.